The molecule has 0 atom stereocenters. The number of hydrogen-bond donors (Lipinski definition) is 1. The second-order valence-corrected chi connectivity index (χ2v) is 4.72. The van der Waals surface area contributed by atoms with Crippen molar-refractivity contribution in [2.24, 2.45) is 0 Å². The molecule has 0 aliphatic carbocycles. The van der Waals surface area contributed by atoms with Crippen LogP contribution >= 0.6 is 0 Å². The van der Waals surface area contributed by atoms with Crippen molar-refractivity contribution in [3.8, 4) is 5.88 Å². The zero-order valence-electron chi connectivity index (χ0n) is 11.7. The largest absolute Gasteiger partial charge is 0.481 e. The zero-order valence-corrected chi connectivity index (χ0v) is 11.7. The fraction of sp³-hybridized carbons (Fsp3) is 0.333. The van der Waals surface area contributed by atoms with E-state index in [0.29, 0.717) is 18.8 Å². The number of aryl methyl sites for hydroxylation is 2. The number of methoxy groups -OCH3 is 1. The van der Waals surface area contributed by atoms with E-state index >= 15 is 0 Å². The van der Waals surface area contributed by atoms with Crippen LogP contribution in [0.5, 0.6) is 5.88 Å². The Kier molecular flexibility index (Phi) is 4.40. The Labute approximate surface area is 117 Å². The first kappa shape index (κ1) is 14.1. The molecule has 106 valence electrons. The maximum absolute atomic E-state index is 10.6. The third-order valence-electron chi connectivity index (χ3n) is 3.08. The Morgan fingerprint density at radius 3 is 2.90 bits per heavy atom. The van der Waals surface area contributed by atoms with Gasteiger partial charge in [-0.3, -0.25) is 4.79 Å². The molecule has 5 heteroatoms. The Morgan fingerprint density at radius 2 is 2.25 bits per heavy atom. The fourth-order valence-electron chi connectivity index (χ4n) is 2.16. The predicted molar refractivity (Wildman–Crippen MR) is 75.0 cm³/mol. The van der Waals surface area contributed by atoms with Gasteiger partial charge in [-0.25, -0.2) is 4.68 Å². The Balaban J connectivity index is 2.17. The topological polar surface area (TPSA) is 64.3 Å². The maximum Gasteiger partial charge on any atom is 0.303 e. The van der Waals surface area contributed by atoms with Crippen LogP contribution in [0.4, 0.5) is 0 Å². The average Bonchev–Trinajstić information content (AvgIpc) is 2.78. The molecule has 1 aromatic carbocycles. The number of nitrogens with zero attached hydrogens (tertiary/aromatic N) is 2. The molecule has 2 aromatic rings. The quantitative estimate of drug-likeness (QED) is 0.877. The van der Waals surface area contributed by atoms with Gasteiger partial charge < -0.3 is 9.84 Å². The summed E-state index contributed by atoms with van der Waals surface area (Å²) < 4.78 is 7.11. The highest BCUT2D eigenvalue weighted by molar-refractivity contribution is 5.67. The van der Waals surface area contributed by atoms with Gasteiger partial charge in [-0.15, -0.1) is 0 Å². The molecule has 0 fully saturated rings. The van der Waals surface area contributed by atoms with Crippen molar-refractivity contribution in [2.45, 2.75) is 26.3 Å². The summed E-state index contributed by atoms with van der Waals surface area (Å²) in [6.07, 6.45) is 2.18. The lowest BCUT2D eigenvalue weighted by molar-refractivity contribution is -0.136. The highest BCUT2D eigenvalue weighted by Crippen LogP contribution is 2.21. The van der Waals surface area contributed by atoms with E-state index in [2.05, 4.69) is 11.2 Å². The summed E-state index contributed by atoms with van der Waals surface area (Å²) >= 11 is 0. The van der Waals surface area contributed by atoms with E-state index in [4.69, 9.17) is 9.84 Å². The first-order valence-corrected chi connectivity index (χ1v) is 6.46. The number of benzene rings is 1. The second kappa shape index (κ2) is 6.23. The summed E-state index contributed by atoms with van der Waals surface area (Å²) in [5.74, 6) is -0.189. The summed E-state index contributed by atoms with van der Waals surface area (Å²) in [6, 6.07) is 8.18. The van der Waals surface area contributed by atoms with Gasteiger partial charge in [0.15, 0.2) is 0 Å². The Hall–Kier alpha value is -2.30. The van der Waals surface area contributed by atoms with Crippen LogP contribution in [0.1, 0.15) is 23.1 Å². The number of ether oxygens (including phenoxy) is 1. The van der Waals surface area contributed by atoms with Crippen LogP contribution in [0, 0.1) is 6.92 Å². The van der Waals surface area contributed by atoms with Gasteiger partial charge in [-0.2, -0.15) is 5.10 Å². The molecule has 0 bridgehead atoms. The number of carboxylic acid groups (broad SMARTS) is 1. The molecule has 0 radical (unpaired) electrons. The minimum atomic E-state index is -0.821. The van der Waals surface area contributed by atoms with Gasteiger partial charge in [-0.1, -0.05) is 29.8 Å². The van der Waals surface area contributed by atoms with Crippen molar-refractivity contribution in [3.63, 3.8) is 0 Å². The van der Waals surface area contributed by atoms with Crippen LogP contribution in [0.3, 0.4) is 0 Å². The third-order valence-corrected chi connectivity index (χ3v) is 3.08. The van der Waals surface area contributed by atoms with Gasteiger partial charge >= 0.3 is 5.97 Å². The van der Waals surface area contributed by atoms with Gasteiger partial charge in [-0.05, 0) is 18.9 Å². The fourth-order valence-corrected chi connectivity index (χ4v) is 2.16. The zero-order chi connectivity index (χ0) is 14.5. The lowest BCUT2D eigenvalue weighted by Crippen LogP contribution is -2.05. The van der Waals surface area contributed by atoms with E-state index in [1.165, 1.54) is 5.56 Å². The van der Waals surface area contributed by atoms with Gasteiger partial charge in [0.25, 0.3) is 0 Å². The Bertz CT molecular complexity index is 605. The molecule has 2 rings (SSSR count). The van der Waals surface area contributed by atoms with E-state index in [-0.39, 0.29) is 6.42 Å². The molecular formula is C15H18N2O3. The smallest absolute Gasteiger partial charge is 0.303 e. The summed E-state index contributed by atoms with van der Waals surface area (Å²) in [5, 5.41) is 13.0. The lowest BCUT2D eigenvalue weighted by atomic mass is 10.1. The first-order valence-electron chi connectivity index (χ1n) is 6.46. The molecule has 0 aliphatic rings. The molecule has 5 nitrogen and oxygen atoms in total. The van der Waals surface area contributed by atoms with Crippen LogP contribution in [-0.4, -0.2) is 28.0 Å². The molecular weight excluding hydrogens is 256 g/mol. The Morgan fingerprint density at radius 1 is 1.45 bits per heavy atom. The second-order valence-electron chi connectivity index (χ2n) is 4.72. The minimum Gasteiger partial charge on any atom is -0.481 e. The molecule has 0 saturated carbocycles. The number of carboxylic acids is 1. The molecule has 20 heavy (non-hydrogen) atoms. The van der Waals surface area contributed by atoms with Crippen LogP contribution in [0.15, 0.2) is 30.5 Å². The number of aliphatic carboxylic acids is 1. The van der Waals surface area contributed by atoms with Crippen LogP contribution < -0.4 is 4.74 Å². The molecule has 0 saturated heterocycles. The SMILES string of the molecule is COc1c(CCC(=O)O)cnn1Cc1cccc(C)c1. The monoisotopic (exact) mass is 274 g/mol. The number of rotatable bonds is 6. The van der Waals surface area contributed by atoms with Gasteiger partial charge in [0.2, 0.25) is 5.88 Å². The van der Waals surface area contributed by atoms with E-state index in [1.807, 2.05) is 25.1 Å². The molecule has 1 heterocycles. The number of carbonyl (C=O) groups is 1. The van der Waals surface area contributed by atoms with Gasteiger partial charge in [0, 0.05) is 12.0 Å². The highest BCUT2D eigenvalue weighted by atomic mass is 16.5. The number of hydrogen-bond acceptors (Lipinski definition) is 3. The molecule has 1 aromatic heterocycles. The standard InChI is InChI=1S/C15H18N2O3/c1-11-4-3-5-12(8-11)10-17-15(20-2)13(9-16-17)6-7-14(18)19/h3-5,8-9H,6-7,10H2,1-2H3,(H,18,19). The van der Waals surface area contributed by atoms with Crippen molar-refractivity contribution in [1.29, 1.82) is 0 Å². The van der Waals surface area contributed by atoms with Crippen molar-refractivity contribution in [2.75, 3.05) is 7.11 Å². The van der Waals surface area contributed by atoms with Gasteiger partial charge in [0.05, 0.1) is 19.9 Å². The molecule has 1 N–H and O–H groups in total. The van der Waals surface area contributed by atoms with Crippen LogP contribution in [-0.2, 0) is 17.8 Å². The highest BCUT2D eigenvalue weighted by Gasteiger charge is 2.12. The summed E-state index contributed by atoms with van der Waals surface area (Å²) in [4.78, 5) is 10.6. The van der Waals surface area contributed by atoms with Crippen molar-refractivity contribution >= 4 is 5.97 Å². The van der Waals surface area contributed by atoms with Crippen LogP contribution in [0.2, 0.25) is 0 Å². The summed E-state index contributed by atoms with van der Waals surface area (Å²) in [5.41, 5.74) is 3.15. The molecule has 0 aliphatic heterocycles. The maximum atomic E-state index is 10.6. The predicted octanol–water partition coefficient (Wildman–Crippen LogP) is 2.27. The first-order chi connectivity index (χ1) is 9.60. The van der Waals surface area contributed by atoms with Gasteiger partial charge in [0.1, 0.15) is 0 Å². The van der Waals surface area contributed by atoms with Crippen molar-refractivity contribution in [1.82, 2.24) is 9.78 Å². The number of aromatic nitrogens is 2. The van der Waals surface area contributed by atoms with E-state index in [1.54, 1.807) is 18.0 Å². The average molecular weight is 274 g/mol. The lowest BCUT2D eigenvalue weighted by Gasteiger charge is -2.08. The summed E-state index contributed by atoms with van der Waals surface area (Å²) in [6.45, 7) is 2.65. The van der Waals surface area contributed by atoms with Crippen molar-refractivity contribution in [3.05, 3.63) is 47.2 Å². The third kappa shape index (κ3) is 3.38. The van der Waals surface area contributed by atoms with E-state index in [9.17, 15) is 4.79 Å². The normalized spacial score (nSPS) is 10.5. The van der Waals surface area contributed by atoms with Crippen molar-refractivity contribution < 1.29 is 14.6 Å². The van der Waals surface area contributed by atoms with E-state index < -0.39 is 5.97 Å². The molecule has 0 spiro atoms. The molecule has 0 amide bonds. The van der Waals surface area contributed by atoms with E-state index in [0.717, 1.165) is 11.1 Å². The molecule has 0 unspecified atom stereocenters. The minimum absolute atomic E-state index is 0.0759. The summed E-state index contributed by atoms with van der Waals surface area (Å²) in [7, 11) is 1.58. The van der Waals surface area contributed by atoms with Crippen LogP contribution in [0.25, 0.3) is 0 Å².